The Morgan fingerprint density at radius 3 is 2.58 bits per heavy atom. The van der Waals surface area contributed by atoms with Gasteiger partial charge in [-0.3, -0.25) is 4.79 Å². The van der Waals surface area contributed by atoms with Gasteiger partial charge in [0.2, 0.25) is 5.95 Å². The first-order valence-electron chi connectivity index (χ1n) is 8.29. The van der Waals surface area contributed by atoms with Crippen LogP contribution in [0, 0.1) is 0 Å². The van der Waals surface area contributed by atoms with E-state index >= 15 is 0 Å². The van der Waals surface area contributed by atoms with Crippen LogP contribution in [0.3, 0.4) is 0 Å². The summed E-state index contributed by atoms with van der Waals surface area (Å²) >= 11 is 0. The standard InChI is InChI=1S/C18H22N4O2/c1-24-15-9-7-14(8-10-15)20-17(23)16-11-12-19-18(22-16)21-13-5-3-2-4-6-13/h7-13H,2-6H2,1H3,(H,20,23)(H,19,21,22). The van der Waals surface area contributed by atoms with Crippen molar-refractivity contribution in [1.29, 1.82) is 0 Å². The number of rotatable bonds is 5. The third-order valence-corrected chi connectivity index (χ3v) is 4.17. The molecule has 1 aromatic carbocycles. The largest absolute Gasteiger partial charge is 0.497 e. The monoisotopic (exact) mass is 326 g/mol. The van der Waals surface area contributed by atoms with E-state index in [1.807, 2.05) is 0 Å². The molecule has 0 radical (unpaired) electrons. The van der Waals surface area contributed by atoms with E-state index in [2.05, 4.69) is 20.6 Å². The second kappa shape index (κ2) is 7.77. The molecule has 0 atom stereocenters. The number of methoxy groups -OCH3 is 1. The number of nitrogens with one attached hydrogen (secondary N) is 2. The molecule has 1 fully saturated rings. The minimum absolute atomic E-state index is 0.255. The highest BCUT2D eigenvalue weighted by atomic mass is 16.5. The normalized spacial score (nSPS) is 14.9. The van der Waals surface area contributed by atoms with Crippen LogP contribution in [0.4, 0.5) is 11.6 Å². The number of amides is 1. The topological polar surface area (TPSA) is 76.1 Å². The molecule has 2 N–H and O–H groups in total. The number of hydrogen-bond acceptors (Lipinski definition) is 5. The molecule has 3 rings (SSSR count). The van der Waals surface area contributed by atoms with Crippen molar-refractivity contribution in [2.75, 3.05) is 17.7 Å². The second-order valence-electron chi connectivity index (χ2n) is 5.93. The Labute approximate surface area is 141 Å². The zero-order valence-corrected chi connectivity index (χ0v) is 13.8. The fourth-order valence-corrected chi connectivity index (χ4v) is 2.85. The van der Waals surface area contributed by atoms with Gasteiger partial charge in [0.25, 0.3) is 5.91 Å². The van der Waals surface area contributed by atoms with Gasteiger partial charge in [0.1, 0.15) is 11.4 Å². The number of anilines is 2. The first-order valence-corrected chi connectivity index (χ1v) is 8.29. The molecule has 6 nitrogen and oxygen atoms in total. The van der Waals surface area contributed by atoms with E-state index in [4.69, 9.17) is 4.74 Å². The minimum atomic E-state index is -0.255. The average molecular weight is 326 g/mol. The van der Waals surface area contributed by atoms with Gasteiger partial charge < -0.3 is 15.4 Å². The van der Waals surface area contributed by atoms with Crippen LogP contribution < -0.4 is 15.4 Å². The predicted molar refractivity (Wildman–Crippen MR) is 93.5 cm³/mol. The third-order valence-electron chi connectivity index (χ3n) is 4.17. The van der Waals surface area contributed by atoms with Crippen LogP contribution in [-0.4, -0.2) is 29.0 Å². The van der Waals surface area contributed by atoms with E-state index in [-0.39, 0.29) is 5.91 Å². The zero-order valence-electron chi connectivity index (χ0n) is 13.8. The summed E-state index contributed by atoms with van der Waals surface area (Å²) in [5.41, 5.74) is 1.04. The molecule has 6 heteroatoms. The number of hydrogen-bond donors (Lipinski definition) is 2. The van der Waals surface area contributed by atoms with E-state index in [0.29, 0.717) is 23.4 Å². The molecule has 0 bridgehead atoms. The molecule has 24 heavy (non-hydrogen) atoms. The maximum absolute atomic E-state index is 12.4. The highest BCUT2D eigenvalue weighted by Gasteiger charge is 2.15. The molecule has 0 spiro atoms. The first kappa shape index (κ1) is 16.2. The molecule has 1 aromatic heterocycles. The summed E-state index contributed by atoms with van der Waals surface area (Å²) in [6.45, 7) is 0. The summed E-state index contributed by atoms with van der Waals surface area (Å²) in [4.78, 5) is 20.9. The molecule has 1 aliphatic rings. The lowest BCUT2D eigenvalue weighted by atomic mass is 9.96. The van der Waals surface area contributed by atoms with Crippen LogP contribution >= 0.6 is 0 Å². The van der Waals surface area contributed by atoms with Gasteiger partial charge in [-0.05, 0) is 43.2 Å². The van der Waals surface area contributed by atoms with Gasteiger partial charge in [0.15, 0.2) is 0 Å². The van der Waals surface area contributed by atoms with Gasteiger partial charge >= 0.3 is 0 Å². The minimum Gasteiger partial charge on any atom is -0.497 e. The van der Waals surface area contributed by atoms with E-state index in [1.54, 1.807) is 43.6 Å². The Hall–Kier alpha value is -2.63. The molecule has 0 unspecified atom stereocenters. The maximum atomic E-state index is 12.4. The molecular weight excluding hydrogens is 304 g/mol. The van der Waals surface area contributed by atoms with Crippen molar-refractivity contribution >= 4 is 17.5 Å². The van der Waals surface area contributed by atoms with Crippen molar-refractivity contribution in [3.8, 4) is 5.75 Å². The molecular formula is C18H22N4O2. The summed E-state index contributed by atoms with van der Waals surface area (Å²) < 4.78 is 5.11. The lowest BCUT2D eigenvalue weighted by Gasteiger charge is -2.22. The SMILES string of the molecule is COc1ccc(NC(=O)c2ccnc(NC3CCCCC3)n2)cc1. The summed E-state index contributed by atoms with van der Waals surface area (Å²) in [7, 11) is 1.61. The number of carbonyl (C=O) groups excluding carboxylic acids is 1. The smallest absolute Gasteiger partial charge is 0.274 e. The van der Waals surface area contributed by atoms with Gasteiger partial charge in [-0.25, -0.2) is 9.97 Å². The molecule has 0 saturated heterocycles. The van der Waals surface area contributed by atoms with Gasteiger partial charge in [-0.1, -0.05) is 19.3 Å². The quantitative estimate of drug-likeness (QED) is 0.879. The molecule has 0 aliphatic heterocycles. The van der Waals surface area contributed by atoms with Gasteiger partial charge in [0, 0.05) is 17.9 Å². The Kier molecular flexibility index (Phi) is 5.25. The number of ether oxygens (including phenoxy) is 1. The van der Waals surface area contributed by atoms with Crippen LogP contribution in [0.25, 0.3) is 0 Å². The number of aromatic nitrogens is 2. The summed E-state index contributed by atoms with van der Waals surface area (Å²) in [5, 5.41) is 6.16. The van der Waals surface area contributed by atoms with Crippen molar-refractivity contribution in [3.05, 3.63) is 42.2 Å². The number of carbonyl (C=O) groups is 1. The van der Waals surface area contributed by atoms with E-state index < -0.39 is 0 Å². The molecule has 1 amide bonds. The highest BCUT2D eigenvalue weighted by molar-refractivity contribution is 6.02. The molecule has 1 aliphatic carbocycles. The molecule has 1 saturated carbocycles. The number of nitrogens with zero attached hydrogens (tertiary/aromatic N) is 2. The highest BCUT2D eigenvalue weighted by Crippen LogP contribution is 2.20. The Morgan fingerprint density at radius 2 is 1.88 bits per heavy atom. The van der Waals surface area contributed by atoms with Crippen LogP contribution in [0.5, 0.6) is 5.75 Å². The van der Waals surface area contributed by atoms with Crippen molar-refractivity contribution in [2.45, 2.75) is 38.1 Å². The predicted octanol–water partition coefficient (Wildman–Crippen LogP) is 3.48. The fourth-order valence-electron chi connectivity index (χ4n) is 2.85. The number of benzene rings is 1. The Morgan fingerprint density at radius 1 is 1.12 bits per heavy atom. The Balaban J connectivity index is 1.64. The van der Waals surface area contributed by atoms with Crippen LogP contribution in [0.1, 0.15) is 42.6 Å². The zero-order chi connectivity index (χ0) is 16.8. The molecule has 2 aromatic rings. The van der Waals surface area contributed by atoms with Gasteiger partial charge in [-0.15, -0.1) is 0 Å². The van der Waals surface area contributed by atoms with E-state index in [1.165, 1.54) is 19.3 Å². The molecule has 1 heterocycles. The van der Waals surface area contributed by atoms with Crippen molar-refractivity contribution < 1.29 is 9.53 Å². The lowest BCUT2D eigenvalue weighted by molar-refractivity contribution is 0.102. The van der Waals surface area contributed by atoms with E-state index in [9.17, 15) is 4.79 Å². The fraction of sp³-hybridized carbons (Fsp3) is 0.389. The average Bonchev–Trinajstić information content (AvgIpc) is 2.63. The van der Waals surface area contributed by atoms with Crippen molar-refractivity contribution in [1.82, 2.24) is 9.97 Å². The summed E-state index contributed by atoms with van der Waals surface area (Å²) in [6, 6.07) is 9.19. The lowest BCUT2D eigenvalue weighted by Crippen LogP contribution is -2.24. The van der Waals surface area contributed by atoms with Crippen LogP contribution in [0.2, 0.25) is 0 Å². The van der Waals surface area contributed by atoms with Crippen LogP contribution in [-0.2, 0) is 0 Å². The molecule has 126 valence electrons. The summed E-state index contributed by atoms with van der Waals surface area (Å²) in [6.07, 6.45) is 7.63. The maximum Gasteiger partial charge on any atom is 0.274 e. The van der Waals surface area contributed by atoms with Gasteiger partial charge in [0.05, 0.1) is 7.11 Å². The second-order valence-corrected chi connectivity index (χ2v) is 5.93. The van der Waals surface area contributed by atoms with Crippen molar-refractivity contribution in [2.24, 2.45) is 0 Å². The third kappa shape index (κ3) is 4.22. The van der Waals surface area contributed by atoms with Crippen molar-refractivity contribution in [3.63, 3.8) is 0 Å². The van der Waals surface area contributed by atoms with Crippen LogP contribution in [0.15, 0.2) is 36.5 Å². The first-order chi connectivity index (χ1) is 11.7. The van der Waals surface area contributed by atoms with Gasteiger partial charge in [-0.2, -0.15) is 0 Å². The Bertz CT molecular complexity index is 682. The summed E-state index contributed by atoms with van der Waals surface area (Å²) in [5.74, 6) is 1.01. The van der Waals surface area contributed by atoms with E-state index in [0.717, 1.165) is 18.6 Å².